The summed E-state index contributed by atoms with van der Waals surface area (Å²) in [5.74, 6) is 0.702. The molecule has 0 aliphatic carbocycles. The van der Waals surface area contributed by atoms with Gasteiger partial charge in [0.25, 0.3) is 10.0 Å². The van der Waals surface area contributed by atoms with E-state index in [9.17, 15) is 13.2 Å². The lowest BCUT2D eigenvalue weighted by Crippen LogP contribution is -2.45. The molecule has 2 aromatic rings. The van der Waals surface area contributed by atoms with E-state index in [0.717, 1.165) is 5.56 Å². The second-order valence-corrected chi connectivity index (χ2v) is 10.1. The Morgan fingerprint density at radius 2 is 2.00 bits per heavy atom. The van der Waals surface area contributed by atoms with Gasteiger partial charge in [-0.3, -0.25) is 4.79 Å². The number of nitrogens with zero attached hydrogens (tertiary/aromatic N) is 1. The third-order valence-corrected chi connectivity index (χ3v) is 8.35. The Bertz CT molecular complexity index is 944. The van der Waals surface area contributed by atoms with Crippen LogP contribution in [0.1, 0.15) is 31.4 Å². The summed E-state index contributed by atoms with van der Waals surface area (Å²) in [4.78, 5) is 12.8. The Labute approximate surface area is 175 Å². The molecule has 0 saturated carbocycles. The smallest absolute Gasteiger partial charge is 0.252 e. The molecule has 1 amide bonds. The zero-order chi connectivity index (χ0) is 21.0. The van der Waals surface area contributed by atoms with E-state index in [2.05, 4.69) is 5.32 Å². The first-order chi connectivity index (χ1) is 13.9. The number of hydrogen-bond acceptors (Lipinski definition) is 6. The minimum atomic E-state index is -3.54. The second kappa shape index (κ2) is 9.15. The van der Waals surface area contributed by atoms with Gasteiger partial charge in [-0.05, 0) is 48.9 Å². The molecule has 9 heteroatoms. The average molecular weight is 439 g/mol. The van der Waals surface area contributed by atoms with E-state index in [1.165, 1.54) is 15.6 Å². The highest BCUT2D eigenvalue weighted by Gasteiger charge is 2.34. The first-order valence-electron chi connectivity index (χ1n) is 9.42. The predicted molar refractivity (Wildman–Crippen MR) is 112 cm³/mol. The van der Waals surface area contributed by atoms with Crippen molar-refractivity contribution in [1.29, 1.82) is 0 Å². The number of ether oxygens (including phenoxy) is 2. The van der Waals surface area contributed by atoms with E-state index in [0.29, 0.717) is 35.1 Å². The number of nitrogens with one attached hydrogen (secondary N) is 1. The molecular formula is C20H26N2O5S2. The van der Waals surface area contributed by atoms with Gasteiger partial charge >= 0.3 is 0 Å². The standard InChI is InChI=1S/C20H26N2O5S2/c1-14(15-8-9-17(26-2)18(12-15)27-3)21-20(23)16-6-4-10-22(13-16)29(24,25)19-7-5-11-28-19/h5,7-9,11-12,14,16H,4,6,10,13H2,1-3H3,(H,21,23)/t14-,16-/m0/s1. The summed E-state index contributed by atoms with van der Waals surface area (Å²) in [6, 6.07) is 8.58. The molecule has 1 N–H and O–H groups in total. The monoisotopic (exact) mass is 438 g/mol. The summed E-state index contributed by atoms with van der Waals surface area (Å²) in [6.45, 7) is 2.53. The van der Waals surface area contributed by atoms with Crippen LogP contribution in [0.3, 0.4) is 0 Å². The lowest BCUT2D eigenvalue weighted by atomic mass is 9.98. The van der Waals surface area contributed by atoms with Crippen molar-refractivity contribution in [3.8, 4) is 11.5 Å². The Morgan fingerprint density at radius 1 is 1.24 bits per heavy atom. The van der Waals surface area contributed by atoms with Gasteiger partial charge < -0.3 is 14.8 Å². The van der Waals surface area contributed by atoms with E-state index in [1.54, 1.807) is 37.8 Å². The topological polar surface area (TPSA) is 84.9 Å². The number of carbonyl (C=O) groups is 1. The number of methoxy groups -OCH3 is 2. The molecule has 1 saturated heterocycles. The maximum atomic E-state index is 12.8. The highest BCUT2D eigenvalue weighted by molar-refractivity contribution is 7.91. The van der Waals surface area contributed by atoms with Crippen molar-refractivity contribution in [3.63, 3.8) is 0 Å². The molecule has 1 aliphatic rings. The molecule has 7 nitrogen and oxygen atoms in total. The molecule has 29 heavy (non-hydrogen) atoms. The van der Waals surface area contributed by atoms with Gasteiger partial charge in [-0.1, -0.05) is 12.1 Å². The van der Waals surface area contributed by atoms with Gasteiger partial charge in [-0.15, -0.1) is 11.3 Å². The summed E-state index contributed by atoms with van der Waals surface area (Å²) in [5.41, 5.74) is 0.884. The van der Waals surface area contributed by atoms with Crippen LogP contribution in [0, 0.1) is 5.92 Å². The van der Waals surface area contributed by atoms with Crippen LogP contribution >= 0.6 is 11.3 Å². The quantitative estimate of drug-likeness (QED) is 0.718. The van der Waals surface area contributed by atoms with Crippen molar-refractivity contribution in [2.45, 2.75) is 30.0 Å². The van der Waals surface area contributed by atoms with Gasteiger partial charge in [0.15, 0.2) is 11.5 Å². The van der Waals surface area contributed by atoms with Crippen molar-refractivity contribution < 1.29 is 22.7 Å². The van der Waals surface area contributed by atoms with Crippen LogP contribution in [-0.4, -0.2) is 45.9 Å². The van der Waals surface area contributed by atoms with E-state index < -0.39 is 10.0 Å². The van der Waals surface area contributed by atoms with Gasteiger partial charge in [0.2, 0.25) is 5.91 Å². The summed E-state index contributed by atoms with van der Waals surface area (Å²) >= 11 is 1.20. The largest absolute Gasteiger partial charge is 0.493 e. The third-order valence-electron chi connectivity index (χ3n) is 5.11. The molecule has 1 aliphatic heterocycles. The molecule has 2 atom stereocenters. The highest BCUT2D eigenvalue weighted by atomic mass is 32.2. The number of thiophene rings is 1. The zero-order valence-corrected chi connectivity index (χ0v) is 18.4. The molecule has 0 radical (unpaired) electrons. The third kappa shape index (κ3) is 4.73. The van der Waals surface area contributed by atoms with Crippen LogP contribution in [0.2, 0.25) is 0 Å². The van der Waals surface area contributed by atoms with Crippen LogP contribution in [0.25, 0.3) is 0 Å². The van der Waals surface area contributed by atoms with Crippen molar-refractivity contribution >= 4 is 27.3 Å². The van der Waals surface area contributed by atoms with Gasteiger partial charge in [0.05, 0.1) is 26.2 Å². The van der Waals surface area contributed by atoms with Crippen LogP contribution in [-0.2, 0) is 14.8 Å². The summed E-state index contributed by atoms with van der Waals surface area (Å²) in [5, 5.41) is 4.75. The fraction of sp³-hybridized carbons (Fsp3) is 0.450. The fourth-order valence-electron chi connectivity index (χ4n) is 3.45. The molecule has 0 unspecified atom stereocenters. The molecule has 0 bridgehead atoms. The van der Waals surface area contributed by atoms with Crippen molar-refractivity contribution in [2.24, 2.45) is 5.92 Å². The minimum absolute atomic E-state index is 0.140. The molecule has 1 aromatic heterocycles. The van der Waals surface area contributed by atoms with Crippen molar-refractivity contribution in [3.05, 3.63) is 41.3 Å². The molecule has 3 rings (SSSR count). The number of hydrogen-bond donors (Lipinski definition) is 1. The predicted octanol–water partition coefficient (Wildman–Crippen LogP) is 3.04. The molecule has 158 valence electrons. The molecular weight excluding hydrogens is 412 g/mol. The number of sulfonamides is 1. The summed E-state index contributed by atoms with van der Waals surface area (Å²) in [7, 11) is -0.405. The van der Waals surface area contributed by atoms with E-state index in [4.69, 9.17) is 9.47 Å². The van der Waals surface area contributed by atoms with Gasteiger partial charge in [-0.2, -0.15) is 4.31 Å². The van der Waals surface area contributed by atoms with Crippen molar-refractivity contribution in [1.82, 2.24) is 9.62 Å². The van der Waals surface area contributed by atoms with Gasteiger partial charge in [-0.25, -0.2) is 8.42 Å². The molecule has 0 spiro atoms. The minimum Gasteiger partial charge on any atom is -0.493 e. The maximum Gasteiger partial charge on any atom is 0.252 e. The Hall–Kier alpha value is -2.10. The zero-order valence-electron chi connectivity index (χ0n) is 16.8. The maximum absolute atomic E-state index is 12.8. The number of piperidine rings is 1. The second-order valence-electron chi connectivity index (χ2n) is 6.98. The van der Waals surface area contributed by atoms with Crippen molar-refractivity contribution in [2.75, 3.05) is 27.3 Å². The van der Waals surface area contributed by atoms with E-state index in [-0.39, 0.29) is 24.4 Å². The first kappa shape index (κ1) is 21.6. The van der Waals surface area contributed by atoms with E-state index in [1.807, 2.05) is 19.1 Å². The van der Waals surface area contributed by atoms with Gasteiger partial charge in [0, 0.05) is 13.1 Å². The lowest BCUT2D eigenvalue weighted by Gasteiger charge is -2.31. The Morgan fingerprint density at radius 3 is 2.66 bits per heavy atom. The van der Waals surface area contributed by atoms with Crippen LogP contribution < -0.4 is 14.8 Å². The molecule has 1 aromatic carbocycles. The number of rotatable bonds is 7. The lowest BCUT2D eigenvalue weighted by molar-refractivity contribution is -0.126. The van der Waals surface area contributed by atoms with E-state index >= 15 is 0 Å². The van der Waals surface area contributed by atoms with Gasteiger partial charge in [0.1, 0.15) is 4.21 Å². The Balaban J connectivity index is 1.67. The number of carbonyl (C=O) groups excluding carboxylic acids is 1. The van der Waals surface area contributed by atoms with Crippen LogP contribution in [0.4, 0.5) is 0 Å². The molecule has 1 fully saturated rings. The normalized spacial score (nSPS) is 18.8. The number of benzene rings is 1. The molecule has 2 heterocycles. The fourth-order valence-corrected chi connectivity index (χ4v) is 6.12. The average Bonchev–Trinajstić information content (AvgIpc) is 3.29. The SMILES string of the molecule is COc1ccc([C@H](C)NC(=O)[C@H]2CCCN(S(=O)(=O)c3cccs3)C2)cc1OC. The van der Waals surface area contributed by atoms with Crippen LogP contribution in [0.5, 0.6) is 11.5 Å². The highest BCUT2D eigenvalue weighted by Crippen LogP contribution is 2.31. The Kier molecular flexibility index (Phi) is 6.81. The van der Waals surface area contributed by atoms with Crippen LogP contribution in [0.15, 0.2) is 39.9 Å². The summed E-state index contributed by atoms with van der Waals surface area (Å²) < 4.78 is 37.9. The summed E-state index contributed by atoms with van der Waals surface area (Å²) in [6.07, 6.45) is 1.33. The first-order valence-corrected chi connectivity index (χ1v) is 11.7. The number of amides is 1.